The summed E-state index contributed by atoms with van der Waals surface area (Å²) < 4.78 is 11.1. The van der Waals surface area contributed by atoms with E-state index in [0.717, 1.165) is 16.8 Å². The maximum absolute atomic E-state index is 10.1. The minimum atomic E-state index is 0.122. The quantitative estimate of drug-likeness (QED) is 0.587. The first kappa shape index (κ1) is 11.8. The largest absolute Gasteiger partial charge is 0.507 e. The van der Waals surface area contributed by atoms with Gasteiger partial charge in [-0.2, -0.15) is 0 Å². The molecule has 2 heterocycles. The van der Waals surface area contributed by atoms with Crippen LogP contribution in [0.5, 0.6) is 5.75 Å². The van der Waals surface area contributed by atoms with Gasteiger partial charge in [-0.05, 0) is 42.5 Å². The maximum atomic E-state index is 10.1. The van der Waals surface area contributed by atoms with Crippen LogP contribution in [0, 0.1) is 0 Å². The first-order valence-electron chi connectivity index (χ1n) is 6.54. The van der Waals surface area contributed by atoms with Crippen LogP contribution >= 0.6 is 0 Å². The first-order chi connectivity index (χ1) is 10.3. The SMILES string of the molecule is Oc1ccc(-c2ccco2)cc1-c1nc2ccccc2o1. The Morgan fingerprint density at radius 2 is 1.86 bits per heavy atom. The molecule has 0 bridgehead atoms. The highest BCUT2D eigenvalue weighted by Gasteiger charge is 2.14. The number of nitrogens with zero attached hydrogens (tertiary/aromatic N) is 1. The number of phenols is 1. The van der Waals surface area contributed by atoms with E-state index >= 15 is 0 Å². The molecule has 0 atom stereocenters. The molecule has 4 aromatic rings. The van der Waals surface area contributed by atoms with Gasteiger partial charge in [-0.25, -0.2) is 4.98 Å². The molecule has 0 aliphatic carbocycles. The summed E-state index contributed by atoms with van der Waals surface area (Å²) in [5.74, 6) is 1.24. The van der Waals surface area contributed by atoms with Crippen LogP contribution in [0.2, 0.25) is 0 Å². The number of aromatic nitrogens is 1. The van der Waals surface area contributed by atoms with Crippen LogP contribution in [0.15, 0.2) is 69.7 Å². The predicted molar refractivity (Wildman–Crippen MR) is 78.8 cm³/mol. The molecule has 4 heteroatoms. The average Bonchev–Trinajstić information content (AvgIpc) is 3.17. The topological polar surface area (TPSA) is 59.4 Å². The van der Waals surface area contributed by atoms with E-state index in [1.165, 1.54) is 0 Å². The molecule has 0 aliphatic rings. The molecule has 4 nitrogen and oxygen atoms in total. The number of oxazole rings is 1. The number of aromatic hydroxyl groups is 1. The molecule has 0 fully saturated rings. The number of rotatable bonds is 2. The Morgan fingerprint density at radius 1 is 0.952 bits per heavy atom. The number of benzene rings is 2. The summed E-state index contributed by atoms with van der Waals surface area (Å²) in [7, 11) is 0. The summed E-state index contributed by atoms with van der Waals surface area (Å²) in [4.78, 5) is 4.41. The van der Waals surface area contributed by atoms with E-state index < -0.39 is 0 Å². The van der Waals surface area contributed by atoms with Crippen LogP contribution in [-0.2, 0) is 0 Å². The first-order valence-corrected chi connectivity index (χ1v) is 6.54. The van der Waals surface area contributed by atoms with Crippen molar-refractivity contribution in [3.63, 3.8) is 0 Å². The van der Waals surface area contributed by atoms with Crippen molar-refractivity contribution < 1.29 is 13.9 Å². The Hall–Kier alpha value is -3.01. The third-order valence-electron chi connectivity index (χ3n) is 3.33. The van der Waals surface area contributed by atoms with E-state index in [1.54, 1.807) is 24.5 Å². The van der Waals surface area contributed by atoms with Crippen molar-refractivity contribution >= 4 is 11.1 Å². The highest BCUT2D eigenvalue weighted by atomic mass is 16.4. The lowest BCUT2D eigenvalue weighted by Gasteiger charge is -2.03. The van der Waals surface area contributed by atoms with E-state index in [1.807, 2.05) is 36.4 Å². The average molecular weight is 277 g/mol. The van der Waals surface area contributed by atoms with E-state index in [-0.39, 0.29) is 5.75 Å². The van der Waals surface area contributed by atoms with Gasteiger partial charge in [-0.15, -0.1) is 0 Å². The Kier molecular flexibility index (Phi) is 2.54. The number of hydrogen-bond acceptors (Lipinski definition) is 4. The van der Waals surface area contributed by atoms with Gasteiger partial charge >= 0.3 is 0 Å². The molecule has 0 aliphatic heterocycles. The number of hydrogen-bond donors (Lipinski definition) is 1. The lowest BCUT2D eigenvalue weighted by Crippen LogP contribution is -1.81. The summed E-state index contributed by atoms with van der Waals surface area (Å²) in [5, 5.41) is 10.1. The number of fused-ring (bicyclic) bond motifs is 1. The second kappa shape index (κ2) is 4.52. The molecule has 2 aromatic carbocycles. The minimum Gasteiger partial charge on any atom is -0.507 e. The third kappa shape index (κ3) is 1.97. The van der Waals surface area contributed by atoms with Gasteiger partial charge in [0, 0.05) is 5.56 Å². The fourth-order valence-electron chi connectivity index (χ4n) is 2.29. The lowest BCUT2D eigenvalue weighted by molar-refractivity contribution is 0.474. The Bertz CT molecular complexity index is 874. The van der Waals surface area contributed by atoms with Crippen molar-refractivity contribution in [3.05, 3.63) is 60.9 Å². The van der Waals surface area contributed by atoms with Crippen molar-refractivity contribution in [2.24, 2.45) is 0 Å². The lowest BCUT2D eigenvalue weighted by atomic mass is 10.1. The molecule has 0 saturated heterocycles. The fraction of sp³-hybridized carbons (Fsp3) is 0. The van der Waals surface area contributed by atoms with E-state index in [9.17, 15) is 5.11 Å². The van der Waals surface area contributed by atoms with Gasteiger partial charge in [-0.3, -0.25) is 0 Å². The molecule has 4 rings (SSSR count). The van der Waals surface area contributed by atoms with Crippen molar-refractivity contribution in [3.8, 4) is 28.5 Å². The molecular weight excluding hydrogens is 266 g/mol. The standard InChI is InChI=1S/C17H11NO3/c19-14-8-7-11(15-6-3-9-20-15)10-12(14)17-18-13-4-1-2-5-16(13)21-17/h1-10,19H. The molecule has 0 saturated carbocycles. The maximum Gasteiger partial charge on any atom is 0.231 e. The highest BCUT2D eigenvalue weighted by Crippen LogP contribution is 2.34. The molecular formula is C17H11NO3. The summed E-state index contributed by atoms with van der Waals surface area (Å²) in [6, 6.07) is 16.4. The van der Waals surface area contributed by atoms with Crippen LogP contribution < -0.4 is 0 Å². The summed E-state index contributed by atoms with van der Waals surface area (Å²) in [6.45, 7) is 0. The normalized spacial score (nSPS) is 11.0. The minimum absolute atomic E-state index is 0.122. The van der Waals surface area contributed by atoms with Crippen LogP contribution in [0.3, 0.4) is 0 Å². The molecule has 21 heavy (non-hydrogen) atoms. The van der Waals surface area contributed by atoms with Gasteiger partial charge in [0.1, 0.15) is 17.0 Å². The Morgan fingerprint density at radius 3 is 2.67 bits per heavy atom. The highest BCUT2D eigenvalue weighted by molar-refractivity contribution is 5.79. The molecule has 0 spiro atoms. The van der Waals surface area contributed by atoms with Crippen molar-refractivity contribution in [2.45, 2.75) is 0 Å². The Labute approximate surface area is 120 Å². The Balaban J connectivity index is 1.89. The van der Waals surface area contributed by atoms with Crippen molar-refractivity contribution in [1.29, 1.82) is 0 Å². The molecule has 0 amide bonds. The summed E-state index contributed by atoms with van der Waals surface area (Å²) in [6.07, 6.45) is 1.61. The van der Waals surface area contributed by atoms with E-state index in [4.69, 9.17) is 8.83 Å². The summed E-state index contributed by atoms with van der Waals surface area (Å²) >= 11 is 0. The van der Waals surface area contributed by atoms with Crippen LogP contribution in [-0.4, -0.2) is 10.1 Å². The third-order valence-corrected chi connectivity index (χ3v) is 3.33. The second-order valence-corrected chi connectivity index (χ2v) is 4.70. The van der Waals surface area contributed by atoms with E-state index in [2.05, 4.69) is 4.98 Å². The van der Waals surface area contributed by atoms with Crippen LogP contribution in [0.25, 0.3) is 33.9 Å². The summed E-state index contributed by atoms with van der Waals surface area (Å²) in [5.41, 5.74) is 2.85. The zero-order chi connectivity index (χ0) is 14.2. The monoisotopic (exact) mass is 277 g/mol. The fourth-order valence-corrected chi connectivity index (χ4v) is 2.29. The van der Waals surface area contributed by atoms with Gasteiger partial charge in [0.25, 0.3) is 0 Å². The number of furan rings is 1. The number of para-hydroxylation sites is 2. The predicted octanol–water partition coefficient (Wildman–Crippen LogP) is 4.46. The van der Waals surface area contributed by atoms with Crippen molar-refractivity contribution in [1.82, 2.24) is 4.98 Å². The van der Waals surface area contributed by atoms with Gasteiger partial charge in [0.05, 0.1) is 11.8 Å². The van der Waals surface area contributed by atoms with Gasteiger partial charge in [-0.1, -0.05) is 12.1 Å². The molecule has 1 N–H and O–H groups in total. The van der Waals surface area contributed by atoms with Crippen LogP contribution in [0.4, 0.5) is 0 Å². The van der Waals surface area contributed by atoms with Crippen LogP contribution in [0.1, 0.15) is 0 Å². The molecule has 0 radical (unpaired) electrons. The zero-order valence-corrected chi connectivity index (χ0v) is 11.0. The van der Waals surface area contributed by atoms with Crippen molar-refractivity contribution in [2.75, 3.05) is 0 Å². The van der Waals surface area contributed by atoms with Gasteiger partial charge in [0.2, 0.25) is 5.89 Å². The zero-order valence-electron chi connectivity index (χ0n) is 11.0. The molecule has 102 valence electrons. The number of phenolic OH excluding ortho intramolecular Hbond substituents is 1. The second-order valence-electron chi connectivity index (χ2n) is 4.70. The van der Waals surface area contributed by atoms with E-state index in [0.29, 0.717) is 17.0 Å². The molecule has 2 aromatic heterocycles. The van der Waals surface area contributed by atoms with Gasteiger partial charge in [0.15, 0.2) is 5.58 Å². The smallest absolute Gasteiger partial charge is 0.231 e. The van der Waals surface area contributed by atoms with Gasteiger partial charge < -0.3 is 13.9 Å². The molecule has 0 unspecified atom stereocenters.